The van der Waals surface area contributed by atoms with E-state index in [4.69, 9.17) is 0 Å². The number of rotatable bonds is 2. The molecule has 2 nitrogen and oxygen atoms in total. The van der Waals surface area contributed by atoms with Crippen LogP contribution in [-0.2, 0) is 11.2 Å². The Hall–Kier alpha value is -1.31. The van der Waals surface area contributed by atoms with Crippen molar-refractivity contribution in [3.05, 3.63) is 29.3 Å². The average molecular weight is 204 g/mol. The zero-order valence-electron chi connectivity index (χ0n) is 8.94. The molecule has 1 N–H and O–H groups in total. The lowest BCUT2D eigenvalue weighted by molar-refractivity contribution is -0.111. The smallest absolute Gasteiger partial charge is 0.123 e. The van der Waals surface area contributed by atoms with Gasteiger partial charge in [0.05, 0.1) is 0 Å². The minimum atomic E-state index is 0.0471. The van der Waals surface area contributed by atoms with E-state index in [-0.39, 0.29) is 5.92 Å². The number of aldehydes is 1. The van der Waals surface area contributed by atoms with Gasteiger partial charge in [-0.3, -0.25) is 0 Å². The van der Waals surface area contributed by atoms with Gasteiger partial charge in [-0.25, -0.2) is 0 Å². The first kappa shape index (κ1) is 10.2. The molecule has 0 bridgehead atoms. The van der Waals surface area contributed by atoms with E-state index in [2.05, 4.69) is 0 Å². The maximum absolute atomic E-state index is 10.8. The fraction of sp³-hybridized carbons (Fsp3) is 0.462. The summed E-state index contributed by atoms with van der Waals surface area (Å²) in [6, 6.07) is 5.53. The minimum absolute atomic E-state index is 0.0471. The van der Waals surface area contributed by atoms with Crippen molar-refractivity contribution in [3.8, 4) is 5.75 Å². The number of carbonyl (C=O) groups is 1. The monoisotopic (exact) mass is 204 g/mol. The molecule has 80 valence electrons. The summed E-state index contributed by atoms with van der Waals surface area (Å²) >= 11 is 0. The van der Waals surface area contributed by atoms with Crippen molar-refractivity contribution in [2.24, 2.45) is 5.92 Å². The third-order valence-corrected chi connectivity index (χ3v) is 3.34. The number of hydrogen-bond donors (Lipinski definition) is 1. The molecule has 1 aliphatic carbocycles. The Labute approximate surface area is 89.9 Å². The summed E-state index contributed by atoms with van der Waals surface area (Å²) in [5.41, 5.74) is 2.46. The molecule has 0 aliphatic heterocycles. The Morgan fingerprint density at radius 2 is 2.33 bits per heavy atom. The van der Waals surface area contributed by atoms with E-state index in [0.717, 1.165) is 25.5 Å². The van der Waals surface area contributed by atoms with E-state index in [0.29, 0.717) is 11.7 Å². The number of hydrogen-bond acceptors (Lipinski definition) is 2. The molecule has 0 saturated heterocycles. The SMILES string of the molecule is CC(C=O)C1CCCc2ccc(O)cc21. The molecular formula is C13H16O2. The van der Waals surface area contributed by atoms with E-state index < -0.39 is 0 Å². The normalized spacial score (nSPS) is 21.8. The predicted octanol–water partition coefficient (Wildman–Crippen LogP) is 2.65. The highest BCUT2D eigenvalue weighted by Crippen LogP contribution is 2.37. The summed E-state index contributed by atoms with van der Waals surface area (Å²) < 4.78 is 0. The van der Waals surface area contributed by atoms with Crippen molar-refractivity contribution in [2.45, 2.75) is 32.1 Å². The van der Waals surface area contributed by atoms with Crippen molar-refractivity contribution in [2.75, 3.05) is 0 Å². The molecule has 0 spiro atoms. The molecule has 0 saturated carbocycles. The van der Waals surface area contributed by atoms with Crippen LogP contribution in [-0.4, -0.2) is 11.4 Å². The summed E-state index contributed by atoms with van der Waals surface area (Å²) in [7, 11) is 0. The van der Waals surface area contributed by atoms with Crippen LogP contribution in [0.25, 0.3) is 0 Å². The summed E-state index contributed by atoms with van der Waals surface area (Å²) in [5.74, 6) is 0.642. The fourth-order valence-corrected chi connectivity index (χ4v) is 2.46. The Balaban J connectivity index is 2.40. The predicted molar refractivity (Wildman–Crippen MR) is 59.0 cm³/mol. The van der Waals surface area contributed by atoms with Crippen molar-refractivity contribution in [1.29, 1.82) is 0 Å². The standard InChI is InChI=1S/C13H16O2/c1-9(8-14)12-4-2-3-10-5-6-11(15)7-13(10)12/h5-9,12,15H,2-4H2,1H3. The maximum atomic E-state index is 10.8. The van der Waals surface area contributed by atoms with Gasteiger partial charge >= 0.3 is 0 Å². The number of fused-ring (bicyclic) bond motifs is 1. The number of phenolic OH excluding ortho intramolecular Hbond substituents is 1. The third kappa shape index (κ3) is 1.89. The van der Waals surface area contributed by atoms with E-state index in [1.54, 1.807) is 6.07 Å². The highest BCUT2D eigenvalue weighted by molar-refractivity contribution is 5.56. The van der Waals surface area contributed by atoms with Crippen LogP contribution < -0.4 is 0 Å². The van der Waals surface area contributed by atoms with Gasteiger partial charge in [0, 0.05) is 5.92 Å². The molecule has 1 aliphatic rings. The van der Waals surface area contributed by atoms with Gasteiger partial charge in [-0.05, 0) is 48.4 Å². The van der Waals surface area contributed by atoms with Crippen molar-refractivity contribution in [3.63, 3.8) is 0 Å². The first-order valence-corrected chi connectivity index (χ1v) is 5.49. The molecule has 2 unspecified atom stereocenters. The second-order valence-electron chi connectivity index (χ2n) is 4.38. The summed E-state index contributed by atoms with van der Waals surface area (Å²) in [6.45, 7) is 1.96. The van der Waals surface area contributed by atoms with E-state index in [9.17, 15) is 9.90 Å². The van der Waals surface area contributed by atoms with Crippen LogP contribution in [0.4, 0.5) is 0 Å². The van der Waals surface area contributed by atoms with Gasteiger partial charge in [0.1, 0.15) is 12.0 Å². The zero-order valence-corrected chi connectivity index (χ0v) is 8.94. The Morgan fingerprint density at radius 3 is 3.07 bits per heavy atom. The van der Waals surface area contributed by atoms with Gasteiger partial charge in [0.15, 0.2) is 0 Å². The van der Waals surface area contributed by atoms with Crippen molar-refractivity contribution >= 4 is 6.29 Å². The summed E-state index contributed by atoms with van der Waals surface area (Å²) in [4.78, 5) is 10.8. The Bertz CT molecular complexity index is 371. The highest BCUT2D eigenvalue weighted by atomic mass is 16.3. The average Bonchev–Trinajstić information content (AvgIpc) is 2.27. The van der Waals surface area contributed by atoms with Crippen LogP contribution in [0.1, 0.15) is 36.8 Å². The molecule has 0 radical (unpaired) electrons. The number of phenols is 1. The topological polar surface area (TPSA) is 37.3 Å². The van der Waals surface area contributed by atoms with Crippen LogP contribution in [0.15, 0.2) is 18.2 Å². The van der Waals surface area contributed by atoms with Gasteiger partial charge in [0.25, 0.3) is 0 Å². The molecule has 15 heavy (non-hydrogen) atoms. The van der Waals surface area contributed by atoms with Crippen LogP contribution in [0, 0.1) is 5.92 Å². The molecule has 1 aromatic carbocycles. The Morgan fingerprint density at radius 1 is 1.53 bits per heavy atom. The molecule has 1 aromatic rings. The van der Waals surface area contributed by atoms with E-state index >= 15 is 0 Å². The molecule has 0 fully saturated rings. The van der Waals surface area contributed by atoms with Gasteiger partial charge < -0.3 is 9.90 Å². The molecule has 2 rings (SSSR count). The maximum Gasteiger partial charge on any atom is 0.123 e. The van der Waals surface area contributed by atoms with Crippen LogP contribution in [0.3, 0.4) is 0 Å². The van der Waals surface area contributed by atoms with E-state index in [1.807, 2.05) is 19.1 Å². The lowest BCUT2D eigenvalue weighted by Crippen LogP contribution is -2.17. The van der Waals surface area contributed by atoms with Crippen LogP contribution in [0.2, 0.25) is 0 Å². The van der Waals surface area contributed by atoms with Crippen molar-refractivity contribution < 1.29 is 9.90 Å². The number of aryl methyl sites for hydroxylation is 1. The number of benzene rings is 1. The number of carbonyl (C=O) groups excluding carboxylic acids is 1. The highest BCUT2D eigenvalue weighted by Gasteiger charge is 2.25. The van der Waals surface area contributed by atoms with Crippen molar-refractivity contribution in [1.82, 2.24) is 0 Å². The summed E-state index contributed by atoms with van der Waals surface area (Å²) in [6.07, 6.45) is 4.28. The number of aromatic hydroxyl groups is 1. The quantitative estimate of drug-likeness (QED) is 0.752. The molecule has 0 heterocycles. The Kier molecular flexibility index (Phi) is 2.76. The second kappa shape index (κ2) is 4.05. The van der Waals surface area contributed by atoms with E-state index in [1.165, 1.54) is 11.1 Å². The largest absolute Gasteiger partial charge is 0.508 e. The minimum Gasteiger partial charge on any atom is -0.508 e. The molecule has 2 heteroatoms. The molecule has 0 amide bonds. The third-order valence-electron chi connectivity index (χ3n) is 3.34. The van der Waals surface area contributed by atoms with Gasteiger partial charge in [-0.15, -0.1) is 0 Å². The van der Waals surface area contributed by atoms with Gasteiger partial charge in [-0.2, -0.15) is 0 Å². The first-order valence-electron chi connectivity index (χ1n) is 5.49. The first-order chi connectivity index (χ1) is 7.22. The fourth-order valence-electron chi connectivity index (χ4n) is 2.46. The zero-order chi connectivity index (χ0) is 10.8. The second-order valence-corrected chi connectivity index (χ2v) is 4.38. The summed E-state index contributed by atoms with van der Waals surface area (Å²) in [5, 5.41) is 9.47. The van der Waals surface area contributed by atoms with Gasteiger partial charge in [-0.1, -0.05) is 13.0 Å². The van der Waals surface area contributed by atoms with Gasteiger partial charge in [0.2, 0.25) is 0 Å². The molecule has 2 atom stereocenters. The molecular weight excluding hydrogens is 188 g/mol. The van der Waals surface area contributed by atoms with Crippen LogP contribution in [0.5, 0.6) is 5.75 Å². The molecule has 0 aromatic heterocycles. The van der Waals surface area contributed by atoms with Crippen LogP contribution >= 0.6 is 0 Å². The lowest BCUT2D eigenvalue weighted by Gasteiger charge is -2.27. The lowest BCUT2D eigenvalue weighted by atomic mass is 9.77.